The number of likely N-dealkylation sites (tertiary alicyclic amines) is 1. The molecule has 1 aromatic rings. The number of nitrogens with one attached hydrogen (secondary N) is 2. The monoisotopic (exact) mass is 431 g/mol. The molecule has 3 saturated heterocycles. The van der Waals surface area contributed by atoms with Crippen LogP contribution >= 0.6 is 11.8 Å². The summed E-state index contributed by atoms with van der Waals surface area (Å²) in [5, 5.41) is 15.1. The van der Waals surface area contributed by atoms with Crippen LogP contribution in [0.3, 0.4) is 0 Å². The van der Waals surface area contributed by atoms with Gasteiger partial charge in [-0.05, 0) is 24.3 Å². The van der Waals surface area contributed by atoms with E-state index in [0.717, 1.165) is 12.0 Å². The average molecular weight is 432 g/mol. The Morgan fingerprint density at radius 1 is 1.27 bits per heavy atom. The van der Waals surface area contributed by atoms with E-state index >= 15 is 0 Å². The van der Waals surface area contributed by atoms with Crippen molar-refractivity contribution in [3.8, 4) is 0 Å². The molecule has 3 aliphatic rings. The molecule has 3 amide bonds. The zero-order valence-corrected chi connectivity index (χ0v) is 18.2. The van der Waals surface area contributed by atoms with Crippen LogP contribution in [0.15, 0.2) is 30.3 Å². The van der Waals surface area contributed by atoms with E-state index in [2.05, 4.69) is 17.6 Å². The molecule has 162 valence electrons. The molecule has 0 radical (unpaired) electrons. The maximum atomic E-state index is 13.5. The van der Waals surface area contributed by atoms with Crippen LogP contribution in [0.5, 0.6) is 0 Å². The van der Waals surface area contributed by atoms with Gasteiger partial charge in [0.25, 0.3) is 0 Å². The van der Waals surface area contributed by atoms with Gasteiger partial charge in [-0.15, -0.1) is 11.8 Å². The van der Waals surface area contributed by atoms with Crippen molar-refractivity contribution in [1.29, 1.82) is 0 Å². The van der Waals surface area contributed by atoms with Crippen LogP contribution in [-0.4, -0.2) is 64.0 Å². The number of amides is 3. The highest BCUT2D eigenvalue weighted by atomic mass is 32.2. The summed E-state index contributed by atoms with van der Waals surface area (Å²) in [6.07, 6.45) is 1.23. The summed E-state index contributed by atoms with van der Waals surface area (Å²) in [7, 11) is 1.60. The molecule has 3 aliphatic heterocycles. The Hall–Kier alpha value is -2.06. The van der Waals surface area contributed by atoms with E-state index in [1.165, 1.54) is 0 Å². The number of hydrogen-bond acceptors (Lipinski definition) is 5. The number of aliphatic hydroxyl groups is 1. The zero-order valence-electron chi connectivity index (χ0n) is 17.3. The molecule has 3 N–H and O–H groups in total. The number of aliphatic hydroxyl groups excluding tert-OH is 1. The Morgan fingerprint density at radius 3 is 2.67 bits per heavy atom. The molecule has 30 heavy (non-hydrogen) atoms. The first-order chi connectivity index (χ1) is 14.5. The van der Waals surface area contributed by atoms with Crippen LogP contribution in [0.25, 0.3) is 0 Å². The fraction of sp³-hybridized carbons (Fsp3) is 0.591. The lowest BCUT2D eigenvalue weighted by molar-refractivity contribution is -0.140. The summed E-state index contributed by atoms with van der Waals surface area (Å²) in [6, 6.07) is 9.04. The quantitative estimate of drug-likeness (QED) is 0.592. The predicted molar refractivity (Wildman–Crippen MR) is 114 cm³/mol. The number of rotatable bonds is 7. The SMILES string of the molecule is CNC(=O)[C@@H]1[C@@H]2CC(C)C3(S2)C(C(=O)NCc2ccccc2)N(CCCO)C(=O)[C@H]13. The Bertz CT molecular complexity index is 835. The van der Waals surface area contributed by atoms with E-state index in [1.807, 2.05) is 30.3 Å². The molecule has 3 unspecified atom stereocenters. The topological polar surface area (TPSA) is 98.7 Å². The first kappa shape index (κ1) is 21.2. The summed E-state index contributed by atoms with van der Waals surface area (Å²) in [6.45, 7) is 2.75. The van der Waals surface area contributed by atoms with Gasteiger partial charge in [-0.2, -0.15) is 0 Å². The van der Waals surface area contributed by atoms with Crippen LogP contribution < -0.4 is 10.6 Å². The first-order valence-electron chi connectivity index (χ1n) is 10.6. The van der Waals surface area contributed by atoms with Crippen LogP contribution in [0.2, 0.25) is 0 Å². The molecule has 8 heteroatoms. The van der Waals surface area contributed by atoms with Gasteiger partial charge < -0.3 is 20.6 Å². The molecule has 1 aromatic carbocycles. The smallest absolute Gasteiger partial charge is 0.244 e. The van der Waals surface area contributed by atoms with Gasteiger partial charge in [-0.25, -0.2) is 0 Å². The van der Waals surface area contributed by atoms with Crippen molar-refractivity contribution in [1.82, 2.24) is 15.5 Å². The molecule has 0 aromatic heterocycles. The predicted octanol–water partition coefficient (Wildman–Crippen LogP) is 0.768. The highest BCUT2D eigenvalue weighted by Crippen LogP contribution is 2.68. The third kappa shape index (κ3) is 3.12. The molecule has 3 fully saturated rings. The second-order valence-electron chi connectivity index (χ2n) is 8.48. The van der Waals surface area contributed by atoms with E-state index in [-0.39, 0.29) is 35.5 Å². The van der Waals surface area contributed by atoms with Crippen LogP contribution in [-0.2, 0) is 20.9 Å². The number of benzene rings is 1. The summed E-state index contributed by atoms with van der Waals surface area (Å²) in [5.41, 5.74) is 0.991. The summed E-state index contributed by atoms with van der Waals surface area (Å²) < 4.78 is -0.602. The molecular formula is C22H29N3O4S. The third-order valence-electron chi connectivity index (χ3n) is 6.91. The molecule has 1 spiro atoms. The number of carbonyl (C=O) groups excluding carboxylic acids is 3. The Balaban J connectivity index is 1.66. The van der Waals surface area contributed by atoms with E-state index in [9.17, 15) is 19.5 Å². The first-order valence-corrected chi connectivity index (χ1v) is 11.5. The van der Waals surface area contributed by atoms with E-state index in [1.54, 1.807) is 23.7 Å². The molecule has 4 rings (SSSR count). The summed E-state index contributed by atoms with van der Waals surface area (Å²) in [4.78, 5) is 41.3. The molecular weight excluding hydrogens is 402 g/mol. The lowest BCUT2D eigenvalue weighted by Crippen LogP contribution is -2.56. The van der Waals surface area contributed by atoms with Gasteiger partial charge in [0, 0.05) is 32.0 Å². The molecule has 0 saturated carbocycles. The highest BCUT2D eigenvalue weighted by molar-refractivity contribution is 8.02. The van der Waals surface area contributed by atoms with Gasteiger partial charge in [0.15, 0.2) is 0 Å². The third-order valence-corrected chi connectivity index (χ3v) is 8.99. The van der Waals surface area contributed by atoms with Crippen LogP contribution in [0.4, 0.5) is 0 Å². The summed E-state index contributed by atoms with van der Waals surface area (Å²) in [5.74, 6) is -1.18. The van der Waals surface area contributed by atoms with Gasteiger partial charge in [-0.1, -0.05) is 37.3 Å². The largest absolute Gasteiger partial charge is 0.396 e. The lowest BCUT2D eigenvalue weighted by atomic mass is 9.66. The number of fused-ring (bicyclic) bond motifs is 1. The second kappa shape index (κ2) is 8.23. The molecule has 6 atom stereocenters. The highest BCUT2D eigenvalue weighted by Gasteiger charge is 2.75. The van der Waals surface area contributed by atoms with Crippen molar-refractivity contribution in [2.75, 3.05) is 20.2 Å². The van der Waals surface area contributed by atoms with Crippen LogP contribution in [0, 0.1) is 17.8 Å². The number of hydrogen-bond donors (Lipinski definition) is 3. The van der Waals surface area contributed by atoms with Gasteiger partial charge >= 0.3 is 0 Å². The van der Waals surface area contributed by atoms with Gasteiger partial charge in [0.2, 0.25) is 17.7 Å². The van der Waals surface area contributed by atoms with E-state index < -0.39 is 22.6 Å². The van der Waals surface area contributed by atoms with Gasteiger partial charge in [0.05, 0.1) is 16.6 Å². The maximum Gasteiger partial charge on any atom is 0.244 e. The molecule has 0 aliphatic carbocycles. The maximum absolute atomic E-state index is 13.5. The normalized spacial score (nSPS) is 34.2. The van der Waals surface area contributed by atoms with Crippen molar-refractivity contribution in [3.05, 3.63) is 35.9 Å². The van der Waals surface area contributed by atoms with Gasteiger partial charge in [-0.3, -0.25) is 14.4 Å². The fourth-order valence-electron chi connectivity index (χ4n) is 5.65. The van der Waals surface area contributed by atoms with Crippen molar-refractivity contribution >= 4 is 29.5 Å². The number of thioether (sulfide) groups is 1. The summed E-state index contributed by atoms with van der Waals surface area (Å²) >= 11 is 1.66. The van der Waals surface area contributed by atoms with Gasteiger partial charge in [0.1, 0.15) is 6.04 Å². The Kier molecular flexibility index (Phi) is 5.81. The van der Waals surface area contributed by atoms with Crippen molar-refractivity contribution in [2.45, 2.75) is 42.3 Å². The Labute approximate surface area is 181 Å². The average Bonchev–Trinajstić information content (AvgIpc) is 3.34. The standard InChI is InChI=1S/C22H29N3O4S/c1-13-11-15-16(19(27)23-2)17-21(29)25(9-6-10-26)18(22(13,17)30-15)20(28)24-12-14-7-4-3-5-8-14/h3-5,7-8,13,15-18,26H,6,9-12H2,1-2H3,(H,23,27)(H,24,28)/t13?,15-,16+,17-,18?,22?/m0/s1. The lowest BCUT2D eigenvalue weighted by Gasteiger charge is -2.38. The van der Waals surface area contributed by atoms with E-state index in [0.29, 0.717) is 19.5 Å². The van der Waals surface area contributed by atoms with E-state index in [4.69, 9.17) is 0 Å². The van der Waals surface area contributed by atoms with Crippen molar-refractivity contribution in [2.24, 2.45) is 17.8 Å². The number of nitrogens with zero attached hydrogens (tertiary/aromatic N) is 1. The van der Waals surface area contributed by atoms with Crippen molar-refractivity contribution in [3.63, 3.8) is 0 Å². The zero-order chi connectivity index (χ0) is 21.5. The fourth-order valence-corrected chi connectivity index (χ4v) is 8.07. The minimum absolute atomic E-state index is 0.0516. The minimum atomic E-state index is -0.634. The molecule has 7 nitrogen and oxygen atoms in total. The van der Waals surface area contributed by atoms with Crippen LogP contribution in [0.1, 0.15) is 25.3 Å². The Morgan fingerprint density at radius 2 is 2.00 bits per heavy atom. The molecule has 3 heterocycles. The molecule has 2 bridgehead atoms. The minimum Gasteiger partial charge on any atom is -0.396 e. The van der Waals surface area contributed by atoms with Crippen molar-refractivity contribution < 1.29 is 19.5 Å². The number of carbonyl (C=O) groups is 3. The second-order valence-corrected chi connectivity index (χ2v) is 10.0.